The third kappa shape index (κ3) is 3.16. The first-order valence-electron chi connectivity index (χ1n) is 6.50. The first-order chi connectivity index (χ1) is 9.48. The summed E-state index contributed by atoms with van der Waals surface area (Å²) >= 11 is 3.32. The van der Waals surface area contributed by atoms with Crippen LogP contribution in [0.25, 0.3) is 0 Å². The molecule has 0 aliphatic carbocycles. The van der Waals surface area contributed by atoms with E-state index in [0.29, 0.717) is 18.8 Å². The van der Waals surface area contributed by atoms with Crippen LogP contribution in [0.2, 0.25) is 0 Å². The van der Waals surface area contributed by atoms with E-state index in [9.17, 15) is 8.42 Å². The standard InChI is InChI=1S/C13H19BrN2O3S/c1-15-11-4-3-7-16(9-11)20(17,18)13-8-10(14)5-6-12(13)19-2/h5-6,8,11,15H,3-4,7,9H2,1-2H3. The van der Waals surface area contributed by atoms with Crippen LogP contribution < -0.4 is 10.1 Å². The van der Waals surface area contributed by atoms with Gasteiger partial charge < -0.3 is 10.1 Å². The maximum absolute atomic E-state index is 12.8. The van der Waals surface area contributed by atoms with Crippen molar-refractivity contribution in [2.24, 2.45) is 0 Å². The molecule has 0 radical (unpaired) electrons. The van der Waals surface area contributed by atoms with E-state index in [0.717, 1.165) is 17.3 Å². The summed E-state index contributed by atoms with van der Waals surface area (Å²) < 4.78 is 33.0. The molecule has 0 amide bonds. The molecule has 1 saturated heterocycles. The topological polar surface area (TPSA) is 58.6 Å². The Morgan fingerprint density at radius 2 is 2.20 bits per heavy atom. The first-order valence-corrected chi connectivity index (χ1v) is 8.73. The minimum absolute atomic E-state index is 0.205. The van der Waals surface area contributed by atoms with Crippen LogP contribution in [-0.4, -0.2) is 46.0 Å². The van der Waals surface area contributed by atoms with E-state index >= 15 is 0 Å². The molecule has 1 fully saturated rings. The SMILES string of the molecule is CNC1CCCN(S(=O)(=O)c2cc(Br)ccc2OC)C1. The number of piperidine rings is 1. The van der Waals surface area contributed by atoms with E-state index in [1.165, 1.54) is 11.4 Å². The third-order valence-corrected chi connectivity index (χ3v) is 5.92. The number of hydrogen-bond donors (Lipinski definition) is 1. The van der Waals surface area contributed by atoms with Gasteiger partial charge in [0.05, 0.1) is 7.11 Å². The summed E-state index contributed by atoms with van der Waals surface area (Å²) in [6, 6.07) is 5.23. The van der Waals surface area contributed by atoms with Crippen LogP contribution in [0.3, 0.4) is 0 Å². The number of rotatable bonds is 4. The van der Waals surface area contributed by atoms with Crippen LogP contribution in [0.4, 0.5) is 0 Å². The fourth-order valence-corrected chi connectivity index (χ4v) is 4.61. The Labute approximate surface area is 128 Å². The number of hydrogen-bond acceptors (Lipinski definition) is 4. The second kappa shape index (κ2) is 6.43. The van der Waals surface area contributed by atoms with Crippen molar-refractivity contribution in [3.8, 4) is 5.75 Å². The van der Waals surface area contributed by atoms with Crippen LogP contribution in [-0.2, 0) is 10.0 Å². The molecule has 1 unspecified atom stereocenters. The number of halogens is 1. The lowest BCUT2D eigenvalue weighted by atomic mass is 10.1. The highest BCUT2D eigenvalue weighted by molar-refractivity contribution is 9.10. The molecule has 2 rings (SSSR count). The molecule has 1 aliphatic rings. The zero-order chi connectivity index (χ0) is 14.8. The van der Waals surface area contributed by atoms with Crippen LogP contribution in [0.15, 0.2) is 27.6 Å². The molecule has 1 aromatic carbocycles. The minimum atomic E-state index is -3.53. The van der Waals surface area contributed by atoms with Crippen molar-refractivity contribution >= 4 is 26.0 Å². The Bertz CT molecular complexity index is 577. The highest BCUT2D eigenvalue weighted by Crippen LogP contribution is 2.31. The molecule has 1 aromatic rings. The Kier molecular flexibility index (Phi) is 5.06. The summed E-state index contributed by atoms with van der Waals surface area (Å²) in [5.41, 5.74) is 0. The summed E-state index contributed by atoms with van der Waals surface area (Å²) in [6.45, 7) is 1.05. The molecule has 7 heteroatoms. The van der Waals surface area contributed by atoms with Gasteiger partial charge >= 0.3 is 0 Å². The Morgan fingerprint density at radius 3 is 2.85 bits per heavy atom. The second-order valence-electron chi connectivity index (χ2n) is 4.79. The van der Waals surface area contributed by atoms with Gasteiger partial charge in [-0.15, -0.1) is 0 Å². The summed E-state index contributed by atoms with van der Waals surface area (Å²) in [5.74, 6) is 0.375. The molecule has 0 spiro atoms. The largest absolute Gasteiger partial charge is 0.495 e. The van der Waals surface area contributed by atoms with Gasteiger partial charge in [0, 0.05) is 23.6 Å². The lowest BCUT2D eigenvalue weighted by Gasteiger charge is -2.32. The van der Waals surface area contributed by atoms with Gasteiger partial charge in [-0.25, -0.2) is 8.42 Å². The second-order valence-corrected chi connectivity index (χ2v) is 7.61. The lowest BCUT2D eigenvalue weighted by molar-refractivity contribution is 0.291. The fourth-order valence-electron chi connectivity index (χ4n) is 2.39. The molecule has 1 aliphatic heterocycles. The zero-order valence-electron chi connectivity index (χ0n) is 11.6. The van der Waals surface area contributed by atoms with Gasteiger partial charge in [-0.1, -0.05) is 15.9 Å². The predicted molar refractivity (Wildman–Crippen MR) is 81.5 cm³/mol. The normalized spacial score (nSPS) is 20.9. The van der Waals surface area contributed by atoms with E-state index in [4.69, 9.17) is 4.74 Å². The highest BCUT2D eigenvalue weighted by Gasteiger charge is 2.31. The maximum atomic E-state index is 12.8. The molecule has 1 heterocycles. The minimum Gasteiger partial charge on any atom is -0.495 e. The molecule has 5 nitrogen and oxygen atoms in total. The molecular formula is C13H19BrN2O3S. The average Bonchev–Trinajstić information content (AvgIpc) is 2.47. The summed E-state index contributed by atoms with van der Waals surface area (Å²) in [4.78, 5) is 0.214. The van der Waals surface area contributed by atoms with Gasteiger partial charge in [-0.05, 0) is 38.1 Å². The Balaban J connectivity index is 2.37. The number of nitrogens with one attached hydrogen (secondary N) is 1. The number of nitrogens with zero attached hydrogens (tertiary/aromatic N) is 1. The zero-order valence-corrected chi connectivity index (χ0v) is 14.0. The summed E-state index contributed by atoms with van der Waals surface area (Å²) in [6.07, 6.45) is 1.86. The maximum Gasteiger partial charge on any atom is 0.246 e. The van der Waals surface area contributed by atoms with Gasteiger partial charge in [0.2, 0.25) is 10.0 Å². The number of methoxy groups -OCH3 is 1. The number of benzene rings is 1. The molecule has 112 valence electrons. The molecule has 0 aromatic heterocycles. The van der Waals surface area contributed by atoms with Crippen molar-refractivity contribution in [3.05, 3.63) is 22.7 Å². The Hall–Kier alpha value is -0.630. The van der Waals surface area contributed by atoms with Crippen LogP contribution >= 0.6 is 15.9 Å². The van der Waals surface area contributed by atoms with E-state index in [-0.39, 0.29) is 10.9 Å². The highest BCUT2D eigenvalue weighted by atomic mass is 79.9. The number of ether oxygens (including phenoxy) is 1. The van der Waals surface area contributed by atoms with E-state index in [2.05, 4.69) is 21.2 Å². The van der Waals surface area contributed by atoms with Crippen molar-refractivity contribution in [3.63, 3.8) is 0 Å². The van der Waals surface area contributed by atoms with Gasteiger partial charge in [-0.2, -0.15) is 4.31 Å². The van der Waals surface area contributed by atoms with Gasteiger partial charge in [-0.3, -0.25) is 0 Å². The molecule has 0 saturated carbocycles. The van der Waals surface area contributed by atoms with E-state index in [1.807, 2.05) is 7.05 Å². The lowest BCUT2D eigenvalue weighted by Crippen LogP contribution is -2.46. The molecular weight excluding hydrogens is 344 g/mol. The summed E-state index contributed by atoms with van der Waals surface area (Å²) in [7, 11) is -0.189. The Morgan fingerprint density at radius 1 is 1.45 bits per heavy atom. The summed E-state index contributed by atoms with van der Waals surface area (Å²) in [5, 5.41) is 3.15. The van der Waals surface area contributed by atoms with Crippen molar-refractivity contribution in [2.45, 2.75) is 23.8 Å². The average molecular weight is 363 g/mol. The van der Waals surface area contributed by atoms with Crippen molar-refractivity contribution in [2.75, 3.05) is 27.2 Å². The molecule has 20 heavy (non-hydrogen) atoms. The number of sulfonamides is 1. The van der Waals surface area contributed by atoms with E-state index < -0.39 is 10.0 Å². The smallest absolute Gasteiger partial charge is 0.246 e. The predicted octanol–water partition coefficient (Wildman–Crippen LogP) is 1.83. The number of likely N-dealkylation sites (N-methyl/N-ethyl adjacent to an activating group) is 1. The van der Waals surface area contributed by atoms with Crippen LogP contribution in [0.1, 0.15) is 12.8 Å². The third-order valence-electron chi connectivity index (χ3n) is 3.54. The fraction of sp³-hybridized carbons (Fsp3) is 0.538. The van der Waals surface area contributed by atoms with Crippen molar-refractivity contribution in [1.29, 1.82) is 0 Å². The first kappa shape index (κ1) is 15.8. The van der Waals surface area contributed by atoms with Gasteiger partial charge in [0.15, 0.2) is 0 Å². The van der Waals surface area contributed by atoms with Crippen molar-refractivity contribution < 1.29 is 13.2 Å². The van der Waals surface area contributed by atoms with Gasteiger partial charge in [0.1, 0.15) is 10.6 Å². The van der Waals surface area contributed by atoms with Crippen LogP contribution in [0, 0.1) is 0 Å². The van der Waals surface area contributed by atoms with Crippen LogP contribution in [0.5, 0.6) is 5.75 Å². The van der Waals surface area contributed by atoms with Crippen molar-refractivity contribution in [1.82, 2.24) is 9.62 Å². The molecule has 1 atom stereocenters. The quantitative estimate of drug-likeness (QED) is 0.887. The molecule has 1 N–H and O–H groups in total. The van der Waals surface area contributed by atoms with E-state index in [1.54, 1.807) is 18.2 Å². The molecule has 0 bridgehead atoms. The van der Waals surface area contributed by atoms with Gasteiger partial charge in [0.25, 0.3) is 0 Å². The monoisotopic (exact) mass is 362 g/mol.